The fraction of sp³-hybridized carbons (Fsp3) is 0.345. The Morgan fingerprint density at radius 3 is 2.54 bits per heavy atom. The highest BCUT2D eigenvalue weighted by Crippen LogP contribution is 2.24. The molecule has 0 atom stereocenters. The van der Waals surface area contributed by atoms with Crippen molar-refractivity contribution in [3.8, 4) is 5.75 Å². The van der Waals surface area contributed by atoms with Crippen LogP contribution in [0.2, 0.25) is 0 Å². The van der Waals surface area contributed by atoms with Crippen molar-refractivity contribution in [1.82, 2.24) is 9.55 Å². The number of hydrogen-bond acceptors (Lipinski definition) is 5. The van der Waals surface area contributed by atoms with Crippen LogP contribution in [0, 0.1) is 6.92 Å². The van der Waals surface area contributed by atoms with Crippen LogP contribution in [0.5, 0.6) is 5.75 Å². The second kappa shape index (κ2) is 12.3. The Morgan fingerprint density at radius 2 is 1.84 bits per heavy atom. The molecule has 0 spiro atoms. The van der Waals surface area contributed by atoms with Gasteiger partial charge in [0.15, 0.2) is 5.69 Å². The molecule has 0 saturated carbocycles. The number of ether oxygens (including phenoxy) is 1. The summed E-state index contributed by atoms with van der Waals surface area (Å²) < 4.78 is 7.06. The van der Waals surface area contributed by atoms with E-state index in [1.807, 2.05) is 61.5 Å². The Hall–Kier alpha value is -4.07. The Balaban J connectivity index is 1.60. The molecule has 0 fully saturated rings. The quantitative estimate of drug-likeness (QED) is 0.404. The number of carbonyl (C=O) groups excluding carboxylic acids is 1. The summed E-state index contributed by atoms with van der Waals surface area (Å²) >= 11 is 0. The van der Waals surface area contributed by atoms with Crippen LogP contribution in [-0.4, -0.2) is 28.6 Å². The predicted octanol–water partition coefficient (Wildman–Crippen LogP) is 4.17. The molecule has 3 aromatic rings. The predicted molar refractivity (Wildman–Crippen MR) is 146 cm³/mol. The second-order valence-electron chi connectivity index (χ2n) is 9.38. The number of hydrogen-bond donors (Lipinski definition) is 2. The molecule has 0 unspecified atom stereocenters. The van der Waals surface area contributed by atoms with Gasteiger partial charge in [0, 0.05) is 6.54 Å². The molecule has 194 valence electrons. The highest BCUT2D eigenvalue weighted by atomic mass is 16.5. The van der Waals surface area contributed by atoms with E-state index in [0.29, 0.717) is 18.7 Å². The van der Waals surface area contributed by atoms with Crippen molar-refractivity contribution in [2.75, 3.05) is 23.8 Å². The number of benzene rings is 2. The summed E-state index contributed by atoms with van der Waals surface area (Å²) in [5.41, 5.74) is 8.39. The minimum atomic E-state index is -0.669. The molecule has 1 amide bonds. The number of rotatable bonds is 10. The van der Waals surface area contributed by atoms with Crippen molar-refractivity contribution in [3.05, 3.63) is 98.2 Å². The standard InChI is InChI=1S/C29H34N4O4/c1-21-12-14-24(15-13-21)37-19-17-25(34)32(18-16-22-8-4-2-5-9-22)26-27(30)33(29(36)31-28(26)35)20-23-10-6-3-7-11-23/h3,6-8,10-15H,2,4-5,9,16-20,30H2,1H3,(H,31,35,36). The first-order valence-corrected chi connectivity index (χ1v) is 12.8. The number of nitrogens with zero attached hydrogens (tertiary/aromatic N) is 2. The zero-order valence-electron chi connectivity index (χ0n) is 21.2. The van der Waals surface area contributed by atoms with Gasteiger partial charge in [-0.25, -0.2) is 4.79 Å². The van der Waals surface area contributed by atoms with Crippen LogP contribution in [-0.2, 0) is 11.3 Å². The maximum absolute atomic E-state index is 13.5. The Bertz CT molecular complexity index is 1360. The van der Waals surface area contributed by atoms with E-state index in [2.05, 4.69) is 11.1 Å². The largest absolute Gasteiger partial charge is 0.493 e. The minimum absolute atomic E-state index is 0.00674. The fourth-order valence-electron chi connectivity index (χ4n) is 4.54. The number of nitrogen functional groups attached to an aromatic ring is 1. The van der Waals surface area contributed by atoms with Crippen LogP contribution < -0.4 is 26.6 Å². The summed E-state index contributed by atoms with van der Waals surface area (Å²) in [5, 5.41) is 0. The Labute approximate surface area is 216 Å². The summed E-state index contributed by atoms with van der Waals surface area (Å²) in [7, 11) is 0. The third-order valence-corrected chi connectivity index (χ3v) is 6.62. The first-order valence-electron chi connectivity index (χ1n) is 12.8. The molecule has 1 heterocycles. The van der Waals surface area contributed by atoms with Gasteiger partial charge in [0.2, 0.25) is 5.91 Å². The number of nitrogens with one attached hydrogen (secondary N) is 1. The number of aromatic amines is 1. The lowest BCUT2D eigenvalue weighted by molar-refractivity contribution is -0.119. The van der Waals surface area contributed by atoms with Crippen LogP contribution in [0.3, 0.4) is 0 Å². The van der Waals surface area contributed by atoms with E-state index in [0.717, 1.165) is 30.4 Å². The highest BCUT2D eigenvalue weighted by molar-refractivity contribution is 5.95. The lowest BCUT2D eigenvalue weighted by Crippen LogP contribution is -2.42. The van der Waals surface area contributed by atoms with Gasteiger partial charge in [-0.3, -0.25) is 19.1 Å². The van der Waals surface area contributed by atoms with E-state index in [1.54, 1.807) is 0 Å². The number of H-pyrrole nitrogens is 1. The minimum Gasteiger partial charge on any atom is -0.493 e. The van der Waals surface area contributed by atoms with E-state index in [-0.39, 0.29) is 37.0 Å². The molecule has 8 heteroatoms. The van der Waals surface area contributed by atoms with Gasteiger partial charge in [-0.1, -0.05) is 59.7 Å². The second-order valence-corrected chi connectivity index (χ2v) is 9.38. The molecular formula is C29H34N4O4. The van der Waals surface area contributed by atoms with Gasteiger partial charge in [0.25, 0.3) is 5.56 Å². The first-order chi connectivity index (χ1) is 17.9. The van der Waals surface area contributed by atoms with Crippen LogP contribution in [0.4, 0.5) is 11.5 Å². The van der Waals surface area contributed by atoms with Crippen molar-refractivity contribution in [2.24, 2.45) is 0 Å². The molecule has 1 aromatic heterocycles. The van der Waals surface area contributed by atoms with Crippen LogP contribution in [0.15, 0.2) is 75.8 Å². The zero-order valence-corrected chi connectivity index (χ0v) is 21.2. The Kier molecular flexibility index (Phi) is 8.61. The number of nitrogens with two attached hydrogens (primary N) is 1. The zero-order chi connectivity index (χ0) is 26.2. The van der Waals surface area contributed by atoms with E-state index in [9.17, 15) is 14.4 Å². The summed E-state index contributed by atoms with van der Waals surface area (Å²) in [6.07, 6.45) is 7.21. The smallest absolute Gasteiger partial charge is 0.330 e. The number of aromatic nitrogens is 2. The van der Waals surface area contributed by atoms with Gasteiger partial charge in [-0.15, -0.1) is 0 Å². The lowest BCUT2D eigenvalue weighted by Gasteiger charge is -2.26. The molecule has 2 aromatic carbocycles. The monoisotopic (exact) mass is 502 g/mol. The number of aryl methyl sites for hydroxylation is 1. The lowest BCUT2D eigenvalue weighted by atomic mass is 9.97. The summed E-state index contributed by atoms with van der Waals surface area (Å²) in [6, 6.07) is 17.0. The molecular weight excluding hydrogens is 468 g/mol. The molecule has 0 saturated heterocycles. The van der Waals surface area contributed by atoms with Crippen molar-refractivity contribution >= 4 is 17.4 Å². The fourth-order valence-corrected chi connectivity index (χ4v) is 4.54. The molecule has 37 heavy (non-hydrogen) atoms. The Morgan fingerprint density at radius 1 is 1.08 bits per heavy atom. The maximum atomic E-state index is 13.5. The average molecular weight is 503 g/mol. The van der Waals surface area contributed by atoms with Gasteiger partial charge in [0.05, 0.1) is 19.6 Å². The number of allylic oxidation sites excluding steroid dienone is 1. The van der Waals surface area contributed by atoms with E-state index < -0.39 is 11.2 Å². The molecule has 8 nitrogen and oxygen atoms in total. The van der Waals surface area contributed by atoms with E-state index >= 15 is 0 Å². The highest BCUT2D eigenvalue weighted by Gasteiger charge is 2.24. The number of carbonyl (C=O) groups is 1. The summed E-state index contributed by atoms with van der Waals surface area (Å²) in [4.78, 5) is 42.9. The van der Waals surface area contributed by atoms with Crippen LogP contribution in [0.25, 0.3) is 0 Å². The van der Waals surface area contributed by atoms with Gasteiger partial charge >= 0.3 is 5.69 Å². The van der Waals surface area contributed by atoms with Gasteiger partial charge in [0.1, 0.15) is 11.6 Å². The van der Waals surface area contributed by atoms with E-state index in [4.69, 9.17) is 10.5 Å². The molecule has 0 bridgehead atoms. The number of amides is 1. The normalized spacial score (nSPS) is 13.2. The van der Waals surface area contributed by atoms with Gasteiger partial charge < -0.3 is 15.4 Å². The molecule has 0 aliphatic heterocycles. The van der Waals surface area contributed by atoms with E-state index in [1.165, 1.54) is 21.5 Å². The van der Waals surface area contributed by atoms with Crippen molar-refractivity contribution in [2.45, 2.75) is 52.0 Å². The third kappa shape index (κ3) is 6.78. The van der Waals surface area contributed by atoms with Gasteiger partial charge in [-0.05, 0) is 56.7 Å². The van der Waals surface area contributed by atoms with Crippen LogP contribution in [0.1, 0.15) is 49.7 Å². The summed E-state index contributed by atoms with van der Waals surface area (Å²) in [5.74, 6) is 0.361. The van der Waals surface area contributed by atoms with Crippen LogP contribution >= 0.6 is 0 Å². The van der Waals surface area contributed by atoms with Crippen molar-refractivity contribution in [3.63, 3.8) is 0 Å². The van der Waals surface area contributed by atoms with Crippen molar-refractivity contribution < 1.29 is 9.53 Å². The molecule has 4 rings (SSSR count). The topological polar surface area (TPSA) is 110 Å². The maximum Gasteiger partial charge on any atom is 0.330 e. The molecule has 1 aliphatic carbocycles. The van der Waals surface area contributed by atoms with Gasteiger partial charge in [-0.2, -0.15) is 0 Å². The molecule has 1 aliphatic rings. The SMILES string of the molecule is Cc1ccc(OCCC(=O)N(CCC2=CCCCC2)c2c(N)n(Cc3ccccc3)c(=O)[nH]c2=O)cc1. The average Bonchev–Trinajstić information content (AvgIpc) is 2.90. The first kappa shape index (κ1) is 26.0. The summed E-state index contributed by atoms with van der Waals surface area (Å²) in [6.45, 7) is 2.62. The third-order valence-electron chi connectivity index (χ3n) is 6.62. The van der Waals surface area contributed by atoms with Crippen molar-refractivity contribution in [1.29, 1.82) is 0 Å². The number of anilines is 2. The molecule has 3 N–H and O–H groups in total. The molecule has 0 radical (unpaired) electrons.